The van der Waals surface area contributed by atoms with E-state index < -0.39 is 0 Å². The molecule has 0 radical (unpaired) electrons. The second kappa shape index (κ2) is 6.77. The topological polar surface area (TPSA) is 34.1 Å². The van der Waals surface area contributed by atoms with Crippen molar-refractivity contribution < 1.29 is 4.74 Å². The lowest BCUT2D eigenvalue weighted by Crippen LogP contribution is -2.35. The van der Waals surface area contributed by atoms with Crippen molar-refractivity contribution in [2.24, 2.45) is 0 Å². The second-order valence-corrected chi connectivity index (χ2v) is 7.45. The summed E-state index contributed by atoms with van der Waals surface area (Å²) in [6, 6.07) is 5.83. The first kappa shape index (κ1) is 16.3. The Bertz CT molecular complexity index is 605. The van der Waals surface area contributed by atoms with Gasteiger partial charge in [-0.2, -0.15) is 0 Å². The highest BCUT2D eigenvalue weighted by Gasteiger charge is 2.13. The third-order valence-corrected chi connectivity index (χ3v) is 4.01. The number of benzene rings is 1. The van der Waals surface area contributed by atoms with Crippen LogP contribution in [-0.2, 0) is 13.2 Å². The molecule has 0 atom stereocenters. The van der Waals surface area contributed by atoms with E-state index in [2.05, 4.69) is 31.1 Å². The van der Waals surface area contributed by atoms with E-state index in [-0.39, 0.29) is 5.54 Å². The smallest absolute Gasteiger partial charge is 0.142 e. The van der Waals surface area contributed by atoms with Crippen LogP contribution < -0.4 is 10.1 Å². The summed E-state index contributed by atoms with van der Waals surface area (Å²) in [5.74, 6) is 0.738. The van der Waals surface area contributed by atoms with E-state index in [1.54, 1.807) is 11.3 Å². The van der Waals surface area contributed by atoms with Gasteiger partial charge in [-0.05, 0) is 33.8 Å². The fraction of sp³-hybridized carbons (Fsp3) is 0.438. The number of nitrogens with one attached hydrogen (secondary N) is 1. The maximum Gasteiger partial charge on any atom is 0.142 e. The minimum absolute atomic E-state index is 0.0472. The van der Waals surface area contributed by atoms with E-state index in [0.717, 1.165) is 28.6 Å². The molecule has 114 valence electrons. The zero-order valence-electron chi connectivity index (χ0n) is 12.9. The molecular weight excluding hydrogens is 304 g/mol. The van der Waals surface area contributed by atoms with Crippen LogP contribution in [-0.4, -0.2) is 10.5 Å². The Labute approximate surface area is 135 Å². The Hall–Kier alpha value is -1.10. The summed E-state index contributed by atoms with van der Waals surface area (Å²) >= 11 is 7.91. The standard InChI is InChI=1S/C16H21ClN2OS/c1-11-19-13(10-21-11)9-20-15-12(6-5-7-14(15)17)8-18-16(2,3)4/h5-7,10,18H,8-9H2,1-4H3. The predicted molar refractivity (Wildman–Crippen MR) is 89.2 cm³/mol. The SMILES string of the molecule is Cc1nc(COc2c(Cl)cccc2CNC(C)(C)C)cs1. The molecule has 2 rings (SSSR count). The Morgan fingerprint density at radius 1 is 1.33 bits per heavy atom. The molecule has 0 unspecified atom stereocenters. The van der Waals surface area contributed by atoms with Gasteiger partial charge in [-0.1, -0.05) is 23.7 Å². The van der Waals surface area contributed by atoms with Crippen LogP contribution in [0.3, 0.4) is 0 Å². The predicted octanol–water partition coefficient (Wildman–Crippen LogP) is 4.57. The number of rotatable bonds is 5. The summed E-state index contributed by atoms with van der Waals surface area (Å²) in [5, 5.41) is 7.15. The summed E-state index contributed by atoms with van der Waals surface area (Å²) in [4.78, 5) is 4.41. The van der Waals surface area contributed by atoms with E-state index in [1.807, 2.05) is 30.5 Å². The largest absolute Gasteiger partial charge is 0.485 e. The Morgan fingerprint density at radius 2 is 2.10 bits per heavy atom. The van der Waals surface area contributed by atoms with Gasteiger partial charge in [0.25, 0.3) is 0 Å². The van der Waals surface area contributed by atoms with Crippen LogP contribution in [0.4, 0.5) is 0 Å². The first-order valence-corrected chi connectivity index (χ1v) is 8.17. The van der Waals surface area contributed by atoms with Gasteiger partial charge in [-0.3, -0.25) is 0 Å². The maximum atomic E-state index is 6.28. The lowest BCUT2D eigenvalue weighted by atomic mass is 10.1. The van der Waals surface area contributed by atoms with Gasteiger partial charge in [0.05, 0.1) is 15.7 Å². The third kappa shape index (κ3) is 4.99. The number of aryl methyl sites for hydroxylation is 1. The second-order valence-electron chi connectivity index (χ2n) is 5.98. The molecule has 0 aliphatic carbocycles. The zero-order valence-corrected chi connectivity index (χ0v) is 14.4. The molecule has 1 N–H and O–H groups in total. The van der Waals surface area contributed by atoms with Crippen LogP contribution in [0.5, 0.6) is 5.75 Å². The van der Waals surface area contributed by atoms with Crippen molar-refractivity contribution in [3.05, 3.63) is 44.9 Å². The van der Waals surface area contributed by atoms with Gasteiger partial charge in [0, 0.05) is 23.0 Å². The first-order chi connectivity index (χ1) is 9.85. The number of aromatic nitrogens is 1. The molecule has 2 aromatic rings. The number of nitrogens with zero attached hydrogens (tertiary/aromatic N) is 1. The summed E-state index contributed by atoms with van der Waals surface area (Å²) in [6.07, 6.45) is 0. The molecule has 21 heavy (non-hydrogen) atoms. The number of halogens is 1. The van der Waals surface area contributed by atoms with E-state index in [9.17, 15) is 0 Å². The van der Waals surface area contributed by atoms with Crippen molar-refractivity contribution in [3.63, 3.8) is 0 Å². The quantitative estimate of drug-likeness (QED) is 0.874. The number of hydrogen-bond acceptors (Lipinski definition) is 4. The van der Waals surface area contributed by atoms with Crippen LogP contribution in [0.25, 0.3) is 0 Å². The third-order valence-electron chi connectivity index (χ3n) is 2.89. The van der Waals surface area contributed by atoms with Gasteiger partial charge in [0.1, 0.15) is 12.4 Å². The van der Waals surface area contributed by atoms with Crippen molar-refractivity contribution >= 4 is 22.9 Å². The van der Waals surface area contributed by atoms with Crippen molar-refractivity contribution in [1.82, 2.24) is 10.3 Å². The molecule has 1 aromatic heterocycles. The molecule has 3 nitrogen and oxygen atoms in total. The molecule has 0 spiro atoms. The normalized spacial score (nSPS) is 11.7. The van der Waals surface area contributed by atoms with Crippen LogP contribution in [0.2, 0.25) is 5.02 Å². The van der Waals surface area contributed by atoms with Crippen molar-refractivity contribution in [2.75, 3.05) is 0 Å². The van der Waals surface area contributed by atoms with Gasteiger partial charge in [0.2, 0.25) is 0 Å². The Kier molecular flexibility index (Phi) is 5.25. The van der Waals surface area contributed by atoms with Crippen molar-refractivity contribution in [2.45, 2.75) is 46.4 Å². The summed E-state index contributed by atoms with van der Waals surface area (Å²) < 4.78 is 5.90. The fourth-order valence-corrected chi connectivity index (χ4v) is 2.68. The average molecular weight is 325 g/mol. The van der Waals surface area contributed by atoms with Gasteiger partial charge in [-0.25, -0.2) is 4.98 Å². The molecule has 0 fully saturated rings. The van der Waals surface area contributed by atoms with E-state index in [1.165, 1.54) is 0 Å². The minimum atomic E-state index is 0.0472. The lowest BCUT2D eigenvalue weighted by Gasteiger charge is -2.22. The molecule has 1 heterocycles. The lowest BCUT2D eigenvalue weighted by molar-refractivity contribution is 0.296. The molecule has 1 aromatic carbocycles. The van der Waals surface area contributed by atoms with Crippen LogP contribution in [0, 0.1) is 6.92 Å². The molecule has 0 aliphatic heterocycles. The molecule has 0 bridgehead atoms. The monoisotopic (exact) mass is 324 g/mol. The molecule has 0 saturated heterocycles. The van der Waals surface area contributed by atoms with E-state index >= 15 is 0 Å². The van der Waals surface area contributed by atoms with Crippen LogP contribution in [0.1, 0.15) is 37.0 Å². The number of ether oxygens (including phenoxy) is 1. The summed E-state index contributed by atoms with van der Waals surface area (Å²) in [5.41, 5.74) is 2.04. The minimum Gasteiger partial charge on any atom is -0.485 e. The molecule has 0 aliphatic rings. The van der Waals surface area contributed by atoms with Gasteiger partial charge >= 0.3 is 0 Å². The zero-order chi connectivity index (χ0) is 15.5. The molecule has 0 amide bonds. The van der Waals surface area contributed by atoms with Gasteiger partial charge in [0.15, 0.2) is 0 Å². The maximum absolute atomic E-state index is 6.28. The summed E-state index contributed by atoms with van der Waals surface area (Å²) in [7, 11) is 0. The Morgan fingerprint density at radius 3 is 2.71 bits per heavy atom. The number of para-hydroxylation sites is 1. The first-order valence-electron chi connectivity index (χ1n) is 6.91. The van der Waals surface area contributed by atoms with Crippen LogP contribution >= 0.6 is 22.9 Å². The van der Waals surface area contributed by atoms with E-state index in [4.69, 9.17) is 16.3 Å². The molecule has 5 heteroatoms. The number of thiazole rings is 1. The number of hydrogen-bond donors (Lipinski definition) is 1. The highest BCUT2D eigenvalue weighted by atomic mass is 35.5. The van der Waals surface area contributed by atoms with Crippen LogP contribution in [0.15, 0.2) is 23.6 Å². The Balaban J connectivity index is 2.10. The summed E-state index contributed by atoms with van der Waals surface area (Å²) in [6.45, 7) is 9.55. The van der Waals surface area contributed by atoms with Crippen molar-refractivity contribution in [3.8, 4) is 5.75 Å². The fourth-order valence-electron chi connectivity index (χ4n) is 1.84. The average Bonchev–Trinajstić information content (AvgIpc) is 2.80. The molecular formula is C16H21ClN2OS. The molecule has 0 saturated carbocycles. The van der Waals surface area contributed by atoms with E-state index in [0.29, 0.717) is 11.6 Å². The highest BCUT2D eigenvalue weighted by Crippen LogP contribution is 2.30. The van der Waals surface area contributed by atoms with Crippen molar-refractivity contribution in [1.29, 1.82) is 0 Å². The van der Waals surface area contributed by atoms with Gasteiger partial charge < -0.3 is 10.1 Å². The highest BCUT2D eigenvalue weighted by molar-refractivity contribution is 7.09. The van der Waals surface area contributed by atoms with Gasteiger partial charge in [-0.15, -0.1) is 11.3 Å².